The summed E-state index contributed by atoms with van der Waals surface area (Å²) in [4.78, 5) is 22.9. The third kappa shape index (κ3) is 2.09. The van der Waals surface area contributed by atoms with E-state index in [1.54, 1.807) is 0 Å². The molecule has 0 saturated carbocycles. The highest BCUT2D eigenvalue weighted by atomic mass is 35.5. The highest BCUT2D eigenvalue weighted by molar-refractivity contribution is 6.04. The van der Waals surface area contributed by atoms with Crippen LogP contribution in [0.2, 0.25) is 0 Å². The summed E-state index contributed by atoms with van der Waals surface area (Å²) >= 11 is 0. The molecule has 3 amide bonds. The molecular formula is C13H16ClN3O2. The Bertz CT molecular complexity index is 559. The van der Waals surface area contributed by atoms with Crippen LogP contribution in [0.5, 0.6) is 0 Å². The molecule has 4 N–H and O–H groups in total. The molecule has 2 atom stereocenters. The van der Waals surface area contributed by atoms with Crippen LogP contribution in [0.4, 0.5) is 4.79 Å². The minimum absolute atomic E-state index is 0. The molecule has 1 aromatic carbocycles. The fraction of sp³-hybridized carbons (Fsp3) is 0.385. The number of halogens is 1. The molecule has 1 fully saturated rings. The second-order valence-corrected chi connectivity index (χ2v) is 4.89. The van der Waals surface area contributed by atoms with Crippen molar-refractivity contribution in [1.29, 1.82) is 0 Å². The minimum atomic E-state index is -0.570. The first-order chi connectivity index (χ1) is 8.58. The predicted molar refractivity (Wildman–Crippen MR) is 73.1 cm³/mol. The fourth-order valence-corrected chi connectivity index (χ4v) is 2.88. The van der Waals surface area contributed by atoms with Crippen LogP contribution in [0.25, 0.3) is 0 Å². The quantitative estimate of drug-likeness (QED) is 0.677. The van der Waals surface area contributed by atoms with E-state index in [2.05, 4.69) is 10.6 Å². The van der Waals surface area contributed by atoms with Crippen LogP contribution in [0, 0.1) is 6.92 Å². The average Bonchev–Trinajstić information content (AvgIpc) is 2.84. The third-order valence-electron chi connectivity index (χ3n) is 3.87. The Labute approximate surface area is 117 Å². The number of hydrogen-bond acceptors (Lipinski definition) is 3. The zero-order chi connectivity index (χ0) is 12.9. The number of carbonyl (C=O) groups is 2. The Morgan fingerprint density at radius 2 is 1.95 bits per heavy atom. The lowest BCUT2D eigenvalue weighted by molar-refractivity contribution is -0.120. The number of imide groups is 1. The number of rotatable bonds is 1. The highest BCUT2D eigenvalue weighted by Crippen LogP contribution is 2.35. The molecule has 0 radical (unpaired) electrons. The zero-order valence-electron chi connectivity index (χ0n) is 10.5. The van der Waals surface area contributed by atoms with E-state index in [1.807, 2.05) is 19.1 Å². The molecule has 1 aliphatic heterocycles. The average molecular weight is 282 g/mol. The van der Waals surface area contributed by atoms with E-state index >= 15 is 0 Å². The molecule has 19 heavy (non-hydrogen) atoms. The number of benzene rings is 1. The number of carbonyl (C=O) groups excluding carboxylic acids is 2. The number of fused-ring (bicyclic) bond motifs is 1. The van der Waals surface area contributed by atoms with E-state index in [1.165, 1.54) is 11.1 Å². The summed E-state index contributed by atoms with van der Waals surface area (Å²) in [5.74, 6) is -0.287. The van der Waals surface area contributed by atoms with Crippen molar-refractivity contribution in [2.24, 2.45) is 5.73 Å². The summed E-state index contributed by atoms with van der Waals surface area (Å²) in [7, 11) is 0. The Balaban J connectivity index is 0.00000133. The first kappa shape index (κ1) is 13.8. The topological polar surface area (TPSA) is 84.2 Å². The van der Waals surface area contributed by atoms with Crippen molar-refractivity contribution in [2.75, 3.05) is 0 Å². The van der Waals surface area contributed by atoms with Crippen molar-refractivity contribution in [1.82, 2.24) is 10.6 Å². The van der Waals surface area contributed by atoms with E-state index in [-0.39, 0.29) is 24.4 Å². The molecule has 2 aliphatic rings. The van der Waals surface area contributed by atoms with Gasteiger partial charge in [-0.15, -0.1) is 12.4 Å². The van der Waals surface area contributed by atoms with Crippen LogP contribution >= 0.6 is 12.4 Å². The lowest BCUT2D eigenvalue weighted by Crippen LogP contribution is -2.22. The Morgan fingerprint density at radius 3 is 2.58 bits per heavy atom. The lowest BCUT2D eigenvalue weighted by Gasteiger charge is -2.15. The maximum atomic E-state index is 11.7. The van der Waals surface area contributed by atoms with Gasteiger partial charge in [-0.3, -0.25) is 10.1 Å². The normalized spacial score (nSPS) is 24.5. The van der Waals surface area contributed by atoms with Crippen LogP contribution in [-0.2, 0) is 11.2 Å². The first-order valence-electron chi connectivity index (χ1n) is 6.07. The van der Waals surface area contributed by atoms with E-state index in [0.29, 0.717) is 0 Å². The van der Waals surface area contributed by atoms with Crippen LogP contribution in [0.1, 0.15) is 40.8 Å². The molecule has 0 bridgehead atoms. The highest BCUT2D eigenvalue weighted by Gasteiger charge is 2.33. The van der Waals surface area contributed by atoms with Crippen molar-refractivity contribution in [2.45, 2.75) is 31.8 Å². The van der Waals surface area contributed by atoms with E-state index in [4.69, 9.17) is 5.73 Å². The van der Waals surface area contributed by atoms with Gasteiger partial charge in [0.15, 0.2) is 0 Å². The Kier molecular flexibility index (Phi) is 3.52. The van der Waals surface area contributed by atoms with E-state index in [0.717, 1.165) is 24.0 Å². The van der Waals surface area contributed by atoms with Gasteiger partial charge >= 0.3 is 6.03 Å². The molecule has 3 rings (SSSR count). The number of urea groups is 1. The van der Waals surface area contributed by atoms with Gasteiger partial charge in [0.1, 0.15) is 6.04 Å². The largest absolute Gasteiger partial charge is 0.324 e. The van der Waals surface area contributed by atoms with Gasteiger partial charge in [0.05, 0.1) is 0 Å². The lowest BCUT2D eigenvalue weighted by atomic mass is 9.94. The monoisotopic (exact) mass is 281 g/mol. The summed E-state index contributed by atoms with van der Waals surface area (Å²) in [6.07, 6.45) is 1.89. The maximum Gasteiger partial charge on any atom is 0.322 e. The number of nitrogens with two attached hydrogens (primary N) is 1. The van der Waals surface area contributed by atoms with Crippen LogP contribution in [0.15, 0.2) is 12.1 Å². The third-order valence-corrected chi connectivity index (χ3v) is 3.87. The van der Waals surface area contributed by atoms with Gasteiger partial charge in [-0.2, -0.15) is 0 Å². The fourth-order valence-electron chi connectivity index (χ4n) is 2.88. The van der Waals surface area contributed by atoms with Crippen LogP contribution < -0.4 is 16.4 Å². The summed E-state index contributed by atoms with van der Waals surface area (Å²) in [6, 6.07) is 2.98. The predicted octanol–water partition coefficient (Wildman–Crippen LogP) is 1.24. The van der Waals surface area contributed by atoms with Gasteiger partial charge in [-0.05, 0) is 42.0 Å². The zero-order valence-corrected chi connectivity index (χ0v) is 11.3. The summed E-state index contributed by atoms with van der Waals surface area (Å²) < 4.78 is 0. The Hall–Kier alpha value is -1.59. The summed E-state index contributed by atoms with van der Waals surface area (Å²) in [6.45, 7) is 1.99. The molecular weight excluding hydrogens is 266 g/mol. The van der Waals surface area contributed by atoms with Gasteiger partial charge in [-0.25, -0.2) is 4.79 Å². The van der Waals surface area contributed by atoms with Crippen molar-refractivity contribution >= 4 is 24.3 Å². The van der Waals surface area contributed by atoms with Crippen molar-refractivity contribution < 1.29 is 9.59 Å². The second-order valence-electron chi connectivity index (χ2n) is 4.89. The molecule has 1 aromatic rings. The van der Waals surface area contributed by atoms with Gasteiger partial charge < -0.3 is 11.1 Å². The van der Waals surface area contributed by atoms with Crippen molar-refractivity contribution in [3.8, 4) is 0 Å². The first-order valence-corrected chi connectivity index (χ1v) is 6.07. The maximum absolute atomic E-state index is 11.7. The molecule has 1 saturated heterocycles. The van der Waals surface area contributed by atoms with E-state index < -0.39 is 12.1 Å². The Morgan fingerprint density at radius 1 is 1.26 bits per heavy atom. The summed E-state index contributed by atoms with van der Waals surface area (Å²) in [5, 5.41) is 4.89. The van der Waals surface area contributed by atoms with Gasteiger partial charge in [0.2, 0.25) is 0 Å². The van der Waals surface area contributed by atoms with Crippen molar-refractivity contribution in [3.05, 3.63) is 34.4 Å². The smallest absolute Gasteiger partial charge is 0.322 e. The van der Waals surface area contributed by atoms with E-state index in [9.17, 15) is 9.59 Å². The minimum Gasteiger partial charge on any atom is -0.324 e. The number of hydrogen-bond donors (Lipinski definition) is 3. The molecule has 1 aliphatic carbocycles. The van der Waals surface area contributed by atoms with Gasteiger partial charge in [0.25, 0.3) is 5.91 Å². The molecule has 1 unspecified atom stereocenters. The second kappa shape index (κ2) is 4.83. The van der Waals surface area contributed by atoms with Crippen molar-refractivity contribution in [3.63, 3.8) is 0 Å². The van der Waals surface area contributed by atoms with Crippen LogP contribution in [0.3, 0.4) is 0 Å². The van der Waals surface area contributed by atoms with Crippen LogP contribution in [-0.4, -0.2) is 11.9 Å². The molecule has 102 valence electrons. The molecule has 1 heterocycles. The standard InChI is InChI=1S/C13H15N3O2.ClH/c1-6-7-4-5-10(14)9(7)3-2-8(6)11-12(17)16-13(18)15-11;/h2-3,10-11H,4-5,14H2,1H3,(H2,15,16,17,18);1H/t10-,11?;/m0./s1. The molecule has 0 aromatic heterocycles. The molecule has 6 heteroatoms. The number of amides is 3. The van der Waals surface area contributed by atoms with Gasteiger partial charge in [0, 0.05) is 6.04 Å². The van der Waals surface area contributed by atoms with Gasteiger partial charge in [-0.1, -0.05) is 12.1 Å². The molecule has 5 nitrogen and oxygen atoms in total. The molecule has 0 spiro atoms. The number of nitrogens with one attached hydrogen (secondary N) is 2. The SMILES string of the molecule is Cc1c(C2NC(=O)NC2=O)ccc2c1CC[C@@H]2N.Cl. The summed E-state index contributed by atoms with van der Waals surface area (Å²) in [5.41, 5.74) is 10.4.